The molecule has 1 heterocycles. The van der Waals surface area contributed by atoms with Gasteiger partial charge in [0.25, 0.3) is 0 Å². The Morgan fingerprint density at radius 2 is 2.19 bits per heavy atom. The van der Waals surface area contributed by atoms with E-state index in [-0.39, 0.29) is 0 Å². The maximum Gasteiger partial charge on any atom is 0.0327 e. The van der Waals surface area contributed by atoms with Crippen LogP contribution in [0, 0.1) is 11.3 Å². The molecule has 0 saturated heterocycles. The van der Waals surface area contributed by atoms with Gasteiger partial charge in [-0.3, -0.25) is 4.90 Å². The summed E-state index contributed by atoms with van der Waals surface area (Å²) in [6.45, 7) is 14.0. The van der Waals surface area contributed by atoms with Crippen molar-refractivity contribution in [1.82, 2.24) is 10.2 Å². The zero-order valence-electron chi connectivity index (χ0n) is 14.2. The highest BCUT2D eigenvalue weighted by molar-refractivity contribution is 7.09. The normalized spacial score (nSPS) is 25.4. The maximum absolute atomic E-state index is 3.79. The molecule has 1 aromatic heterocycles. The second kappa shape index (κ2) is 7.75. The molecular weight excluding hydrogens is 276 g/mol. The summed E-state index contributed by atoms with van der Waals surface area (Å²) in [4.78, 5) is 4.12. The van der Waals surface area contributed by atoms with Gasteiger partial charge in [-0.1, -0.05) is 40.2 Å². The molecule has 2 rings (SSSR count). The average molecular weight is 309 g/mol. The van der Waals surface area contributed by atoms with Crippen molar-refractivity contribution >= 4 is 11.3 Å². The lowest BCUT2D eigenvalue weighted by Gasteiger charge is -2.46. The first-order valence-corrected chi connectivity index (χ1v) is 9.43. The minimum Gasteiger partial charge on any atom is -0.313 e. The van der Waals surface area contributed by atoms with E-state index in [1.165, 1.54) is 30.7 Å². The molecule has 1 N–H and O–H groups in total. The van der Waals surface area contributed by atoms with Gasteiger partial charge in [0.15, 0.2) is 0 Å². The molecule has 0 radical (unpaired) electrons. The van der Waals surface area contributed by atoms with Crippen LogP contribution < -0.4 is 5.32 Å². The fraction of sp³-hybridized carbons (Fsp3) is 0.778. The maximum atomic E-state index is 3.79. The molecule has 3 heteroatoms. The van der Waals surface area contributed by atoms with E-state index in [2.05, 4.69) is 55.4 Å². The highest BCUT2D eigenvalue weighted by Crippen LogP contribution is 2.39. The van der Waals surface area contributed by atoms with Gasteiger partial charge in [0, 0.05) is 24.0 Å². The van der Waals surface area contributed by atoms with Crippen LogP contribution in [0.1, 0.15) is 51.8 Å². The summed E-state index contributed by atoms with van der Waals surface area (Å²) in [5, 5.41) is 5.98. The molecule has 21 heavy (non-hydrogen) atoms. The summed E-state index contributed by atoms with van der Waals surface area (Å²) < 4.78 is 0. The fourth-order valence-electron chi connectivity index (χ4n) is 3.90. The van der Waals surface area contributed by atoms with Crippen LogP contribution in [0.5, 0.6) is 0 Å². The molecule has 120 valence electrons. The van der Waals surface area contributed by atoms with Gasteiger partial charge >= 0.3 is 0 Å². The van der Waals surface area contributed by atoms with Gasteiger partial charge in [-0.15, -0.1) is 11.3 Å². The summed E-state index contributed by atoms with van der Waals surface area (Å²) in [5.41, 5.74) is 0.432. The van der Waals surface area contributed by atoms with Crippen molar-refractivity contribution in [2.75, 3.05) is 19.6 Å². The number of rotatable bonds is 7. The van der Waals surface area contributed by atoms with Gasteiger partial charge in [-0.05, 0) is 48.7 Å². The predicted molar refractivity (Wildman–Crippen MR) is 93.9 cm³/mol. The van der Waals surface area contributed by atoms with E-state index in [1.54, 1.807) is 0 Å². The summed E-state index contributed by atoms with van der Waals surface area (Å²) in [6.07, 6.45) is 4.12. The lowest BCUT2D eigenvalue weighted by molar-refractivity contribution is 0.0793. The predicted octanol–water partition coefficient (Wildman–Crippen LogP) is 4.37. The van der Waals surface area contributed by atoms with Gasteiger partial charge in [-0.25, -0.2) is 0 Å². The van der Waals surface area contributed by atoms with Crippen LogP contribution in [0.15, 0.2) is 17.5 Å². The van der Waals surface area contributed by atoms with Crippen molar-refractivity contribution in [3.63, 3.8) is 0 Å². The van der Waals surface area contributed by atoms with Gasteiger partial charge in [-0.2, -0.15) is 0 Å². The third-order valence-corrected chi connectivity index (χ3v) is 5.89. The minimum atomic E-state index is 0.432. The highest BCUT2D eigenvalue weighted by atomic mass is 32.1. The van der Waals surface area contributed by atoms with Crippen molar-refractivity contribution in [2.24, 2.45) is 11.3 Å². The van der Waals surface area contributed by atoms with E-state index < -0.39 is 0 Å². The molecular formula is C18H32N2S. The standard InChI is InChI=1S/C18H32N2S/c1-5-19-17-15(9-7-11-18(17,3)4)13-20(6-2)14-16-10-8-12-21-16/h8,10,12,15,17,19H,5-7,9,11,13-14H2,1-4H3. The molecule has 2 atom stereocenters. The van der Waals surface area contributed by atoms with E-state index in [1.807, 2.05) is 11.3 Å². The zero-order chi connectivity index (χ0) is 15.3. The van der Waals surface area contributed by atoms with Gasteiger partial charge in [0.05, 0.1) is 0 Å². The van der Waals surface area contributed by atoms with Crippen molar-refractivity contribution in [1.29, 1.82) is 0 Å². The van der Waals surface area contributed by atoms with Gasteiger partial charge < -0.3 is 5.32 Å². The first kappa shape index (κ1) is 17.0. The van der Waals surface area contributed by atoms with Crippen molar-refractivity contribution in [2.45, 2.75) is 59.5 Å². The quantitative estimate of drug-likeness (QED) is 0.804. The average Bonchev–Trinajstić information content (AvgIpc) is 2.94. The molecule has 0 amide bonds. The van der Waals surface area contributed by atoms with Crippen LogP contribution in [0.2, 0.25) is 0 Å². The molecule has 2 nitrogen and oxygen atoms in total. The highest BCUT2D eigenvalue weighted by Gasteiger charge is 2.38. The third kappa shape index (κ3) is 4.54. The number of hydrogen-bond acceptors (Lipinski definition) is 3. The number of nitrogens with zero attached hydrogens (tertiary/aromatic N) is 1. The lowest BCUT2D eigenvalue weighted by Crippen LogP contribution is -2.52. The molecule has 1 aliphatic carbocycles. The first-order valence-electron chi connectivity index (χ1n) is 8.55. The summed E-state index contributed by atoms with van der Waals surface area (Å²) in [5.74, 6) is 0.786. The number of thiophene rings is 1. The smallest absolute Gasteiger partial charge is 0.0327 e. The van der Waals surface area contributed by atoms with Crippen molar-refractivity contribution in [3.05, 3.63) is 22.4 Å². The van der Waals surface area contributed by atoms with Gasteiger partial charge in [0.1, 0.15) is 0 Å². The van der Waals surface area contributed by atoms with Crippen molar-refractivity contribution < 1.29 is 0 Å². The third-order valence-electron chi connectivity index (χ3n) is 5.03. The molecule has 0 spiro atoms. The molecule has 0 aromatic carbocycles. The summed E-state index contributed by atoms with van der Waals surface area (Å²) in [6, 6.07) is 5.09. The Hall–Kier alpha value is -0.380. The Morgan fingerprint density at radius 3 is 2.81 bits per heavy atom. The van der Waals surface area contributed by atoms with E-state index in [0.29, 0.717) is 11.5 Å². The Kier molecular flexibility index (Phi) is 6.27. The van der Waals surface area contributed by atoms with Crippen LogP contribution >= 0.6 is 11.3 Å². The molecule has 1 fully saturated rings. The van der Waals surface area contributed by atoms with E-state index in [9.17, 15) is 0 Å². The molecule has 1 saturated carbocycles. The van der Waals surface area contributed by atoms with Crippen LogP contribution in [-0.4, -0.2) is 30.6 Å². The van der Waals surface area contributed by atoms with Gasteiger partial charge in [0.2, 0.25) is 0 Å². The van der Waals surface area contributed by atoms with E-state index in [0.717, 1.165) is 25.6 Å². The summed E-state index contributed by atoms with van der Waals surface area (Å²) >= 11 is 1.88. The monoisotopic (exact) mass is 308 g/mol. The second-order valence-corrected chi connectivity index (χ2v) is 8.12. The van der Waals surface area contributed by atoms with Crippen LogP contribution in [-0.2, 0) is 6.54 Å². The Labute approximate surface area is 134 Å². The number of hydrogen-bond donors (Lipinski definition) is 1. The Bertz CT molecular complexity index is 399. The van der Waals surface area contributed by atoms with Crippen LogP contribution in [0.3, 0.4) is 0 Å². The van der Waals surface area contributed by atoms with E-state index in [4.69, 9.17) is 0 Å². The molecule has 0 aliphatic heterocycles. The molecule has 2 unspecified atom stereocenters. The largest absolute Gasteiger partial charge is 0.313 e. The fourth-order valence-corrected chi connectivity index (χ4v) is 4.65. The summed E-state index contributed by atoms with van der Waals surface area (Å²) in [7, 11) is 0. The SMILES string of the molecule is CCNC1C(CN(CC)Cc2cccs2)CCCC1(C)C. The van der Waals surface area contributed by atoms with Crippen LogP contribution in [0.4, 0.5) is 0 Å². The first-order chi connectivity index (χ1) is 10.1. The molecule has 1 aliphatic rings. The lowest BCUT2D eigenvalue weighted by atomic mass is 9.67. The number of nitrogens with one attached hydrogen (secondary N) is 1. The van der Waals surface area contributed by atoms with E-state index >= 15 is 0 Å². The molecule has 0 bridgehead atoms. The molecule has 1 aromatic rings. The zero-order valence-corrected chi connectivity index (χ0v) is 15.0. The topological polar surface area (TPSA) is 15.3 Å². The Balaban J connectivity index is 2.00. The Morgan fingerprint density at radius 1 is 1.38 bits per heavy atom. The second-order valence-electron chi connectivity index (χ2n) is 7.08. The minimum absolute atomic E-state index is 0.432. The van der Waals surface area contributed by atoms with Crippen molar-refractivity contribution in [3.8, 4) is 0 Å². The van der Waals surface area contributed by atoms with Crippen LogP contribution in [0.25, 0.3) is 0 Å².